The van der Waals surface area contributed by atoms with E-state index in [0.717, 1.165) is 48.8 Å². The average molecular weight is 660 g/mol. The summed E-state index contributed by atoms with van der Waals surface area (Å²) in [5.74, 6) is 0.679. The second-order valence-corrected chi connectivity index (χ2v) is 13.8. The van der Waals surface area contributed by atoms with Crippen LogP contribution in [0.2, 0.25) is 0 Å². The topological polar surface area (TPSA) is 34.2 Å². The van der Waals surface area contributed by atoms with Crippen molar-refractivity contribution in [1.29, 1.82) is 0 Å². The molecule has 1 atom stereocenters. The molecule has 51 heavy (non-hydrogen) atoms. The van der Waals surface area contributed by atoms with Gasteiger partial charge in [0.05, 0.1) is 11.6 Å². The highest BCUT2D eigenvalue weighted by Gasteiger charge is 2.29. The maximum absolute atomic E-state index is 6.23. The summed E-state index contributed by atoms with van der Waals surface area (Å²) in [5.41, 5.74) is 16.0. The lowest BCUT2D eigenvalue weighted by Gasteiger charge is -2.37. The molecule has 0 bridgehead atoms. The van der Waals surface area contributed by atoms with Crippen LogP contribution in [0.4, 0.5) is 5.69 Å². The summed E-state index contributed by atoms with van der Waals surface area (Å²) in [4.78, 5) is 7.57. The first-order chi connectivity index (χ1) is 25.3. The highest BCUT2D eigenvalue weighted by atomic mass is 16.3. The third kappa shape index (κ3) is 5.18. The van der Waals surface area contributed by atoms with Crippen LogP contribution in [0.15, 0.2) is 167 Å². The van der Waals surface area contributed by atoms with Crippen molar-refractivity contribution in [2.24, 2.45) is 0 Å². The van der Waals surface area contributed by atoms with Gasteiger partial charge in [-0.3, -0.25) is 0 Å². The molecule has 10 rings (SSSR count). The van der Waals surface area contributed by atoms with E-state index in [1.165, 1.54) is 61.5 Å². The number of fused-ring (bicyclic) bond motifs is 6. The first kappa shape index (κ1) is 29.8. The number of para-hydroxylation sites is 3. The maximum Gasteiger partial charge on any atom is 0.227 e. The Morgan fingerprint density at radius 2 is 1.43 bits per heavy atom. The molecule has 0 aliphatic heterocycles. The molecule has 1 unspecified atom stereocenters. The number of allylic oxidation sites excluding steroid dienone is 5. The minimum Gasteiger partial charge on any atom is -0.436 e. The summed E-state index contributed by atoms with van der Waals surface area (Å²) in [6.45, 7) is 0. The fraction of sp³-hybridized carbons (Fsp3) is 0.128. The van der Waals surface area contributed by atoms with E-state index in [0.29, 0.717) is 5.89 Å². The first-order valence-corrected chi connectivity index (χ1v) is 18.1. The van der Waals surface area contributed by atoms with Gasteiger partial charge in [0.15, 0.2) is 5.58 Å². The van der Waals surface area contributed by atoms with Gasteiger partial charge in [0.1, 0.15) is 5.52 Å². The molecule has 4 nitrogen and oxygen atoms in total. The van der Waals surface area contributed by atoms with Crippen molar-refractivity contribution in [3.05, 3.63) is 185 Å². The van der Waals surface area contributed by atoms with Crippen LogP contribution in [0.25, 0.3) is 51.3 Å². The number of oxazole rings is 1. The van der Waals surface area contributed by atoms with Crippen LogP contribution in [0.1, 0.15) is 41.6 Å². The second-order valence-electron chi connectivity index (χ2n) is 13.8. The number of nitrogens with zero attached hydrogens (tertiary/aromatic N) is 3. The molecular formula is C47H37N3O. The van der Waals surface area contributed by atoms with Crippen LogP contribution in [0.3, 0.4) is 0 Å². The molecule has 7 aromatic rings. The van der Waals surface area contributed by atoms with Gasteiger partial charge in [-0.25, -0.2) is 4.98 Å². The van der Waals surface area contributed by atoms with Crippen molar-refractivity contribution >= 4 is 39.8 Å². The summed E-state index contributed by atoms with van der Waals surface area (Å²) in [7, 11) is 0. The molecule has 0 amide bonds. The maximum atomic E-state index is 6.23. The van der Waals surface area contributed by atoms with Gasteiger partial charge in [0, 0.05) is 39.3 Å². The summed E-state index contributed by atoms with van der Waals surface area (Å²) in [5, 5.41) is 1.33. The van der Waals surface area contributed by atoms with Gasteiger partial charge in [-0.15, -0.1) is 0 Å². The van der Waals surface area contributed by atoms with Crippen molar-refractivity contribution in [1.82, 2.24) is 9.55 Å². The van der Waals surface area contributed by atoms with Gasteiger partial charge in [0.25, 0.3) is 0 Å². The van der Waals surface area contributed by atoms with E-state index in [-0.39, 0.29) is 6.04 Å². The molecule has 0 N–H and O–H groups in total. The molecule has 4 heteroatoms. The number of benzene rings is 5. The lowest BCUT2D eigenvalue weighted by atomic mass is 9.84. The fourth-order valence-corrected chi connectivity index (χ4v) is 8.39. The Morgan fingerprint density at radius 1 is 0.686 bits per heavy atom. The second kappa shape index (κ2) is 12.3. The van der Waals surface area contributed by atoms with E-state index in [1.54, 1.807) is 0 Å². The summed E-state index contributed by atoms with van der Waals surface area (Å²) < 4.78 is 8.65. The van der Waals surface area contributed by atoms with Crippen LogP contribution in [-0.2, 0) is 12.8 Å². The van der Waals surface area contributed by atoms with Crippen LogP contribution in [-0.4, -0.2) is 15.6 Å². The molecule has 0 fully saturated rings. The molecule has 3 aliphatic carbocycles. The van der Waals surface area contributed by atoms with Crippen molar-refractivity contribution in [2.75, 3.05) is 4.90 Å². The van der Waals surface area contributed by atoms with E-state index in [4.69, 9.17) is 9.40 Å². The predicted octanol–water partition coefficient (Wildman–Crippen LogP) is 11.5. The van der Waals surface area contributed by atoms with Gasteiger partial charge < -0.3 is 13.9 Å². The Hall–Kier alpha value is -6.13. The zero-order chi connectivity index (χ0) is 33.7. The summed E-state index contributed by atoms with van der Waals surface area (Å²) >= 11 is 0. The molecule has 2 heterocycles. The van der Waals surface area contributed by atoms with E-state index in [2.05, 4.69) is 149 Å². The Bertz CT molecular complexity index is 2550. The standard InChI is InChI=1S/C47H37N3O/c1-4-12-34(13-5-1)47-48-46-41-30-35(21-20-33(41)24-29-45(46)51-47)32-22-25-38(26-23-32)49(36-14-6-2-7-15-36)39-27-28-44-42(31-39)40-18-10-11-19-43(40)50(44)37-16-8-3-9-17-37/h1-19,22,24-25,27-30,39H,20-21,23,26,31H2. The molecular weight excluding hydrogens is 623 g/mol. The number of anilines is 1. The molecule has 0 radical (unpaired) electrons. The van der Waals surface area contributed by atoms with Crippen molar-refractivity contribution in [3.63, 3.8) is 0 Å². The average Bonchev–Trinajstić information content (AvgIpc) is 3.79. The number of hydrogen-bond donors (Lipinski definition) is 0. The van der Waals surface area contributed by atoms with Crippen molar-refractivity contribution in [3.8, 4) is 17.1 Å². The lowest BCUT2D eigenvalue weighted by Crippen LogP contribution is -2.36. The van der Waals surface area contributed by atoms with Crippen LogP contribution in [0.5, 0.6) is 0 Å². The monoisotopic (exact) mass is 659 g/mol. The van der Waals surface area contributed by atoms with E-state index < -0.39 is 0 Å². The molecule has 0 spiro atoms. The fourth-order valence-electron chi connectivity index (χ4n) is 8.39. The first-order valence-electron chi connectivity index (χ1n) is 18.1. The van der Waals surface area contributed by atoms with Crippen LogP contribution >= 0.6 is 0 Å². The smallest absolute Gasteiger partial charge is 0.227 e. The molecule has 5 aromatic carbocycles. The normalized spacial score (nSPS) is 16.7. The molecule has 0 saturated carbocycles. The Morgan fingerprint density at radius 3 is 2.24 bits per heavy atom. The summed E-state index contributed by atoms with van der Waals surface area (Å²) in [6.07, 6.45) is 16.9. The zero-order valence-corrected chi connectivity index (χ0v) is 28.4. The van der Waals surface area contributed by atoms with Crippen LogP contribution in [0, 0.1) is 0 Å². The molecule has 3 aliphatic rings. The Kier molecular flexibility index (Phi) is 7.19. The van der Waals surface area contributed by atoms with Crippen molar-refractivity contribution < 1.29 is 4.42 Å². The number of aryl methyl sites for hydroxylation is 1. The minimum absolute atomic E-state index is 0.205. The van der Waals surface area contributed by atoms with Crippen molar-refractivity contribution in [2.45, 2.75) is 38.1 Å². The molecule has 2 aromatic heterocycles. The molecule has 0 saturated heterocycles. The number of aromatic nitrogens is 2. The third-order valence-electron chi connectivity index (χ3n) is 10.8. The highest BCUT2D eigenvalue weighted by molar-refractivity contribution is 5.91. The van der Waals surface area contributed by atoms with E-state index >= 15 is 0 Å². The minimum atomic E-state index is 0.205. The largest absolute Gasteiger partial charge is 0.436 e. The van der Waals surface area contributed by atoms with Gasteiger partial charge in [-0.1, -0.05) is 91.0 Å². The zero-order valence-electron chi connectivity index (χ0n) is 28.4. The lowest BCUT2D eigenvalue weighted by molar-refractivity contribution is 0.619. The predicted molar refractivity (Wildman–Crippen MR) is 210 cm³/mol. The quantitative estimate of drug-likeness (QED) is 0.178. The van der Waals surface area contributed by atoms with E-state index in [1.807, 2.05) is 18.2 Å². The third-order valence-corrected chi connectivity index (χ3v) is 10.8. The van der Waals surface area contributed by atoms with Gasteiger partial charge >= 0.3 is 0 Å². The number of rotatable bonds is 6. The molecule has 246 valence electrons. The van der Waals surface area contributed by atoms with Gasteiger partial charge in [0.2, 0.25) is 5.89 Å². The Labute approximate surface area is 298 Å². The Balaban J connectivity index is 1.00. The van der Waals surface area contributed by atoms with E-state index in [9.17, 15) is 0 Å². The van der Waals surface area contributed by atoms with Crippen LogP contribution < -0.4 is 4.90 Å². The SMILES string of the molecule is C1=CC(N(C2=CC=C(C3=Cc4c(ccc5oc(-c6ccccc6)nc45)CC3)CC2)c2ccccc2)Cc2c1n(-c1ccccc1)c1ccccc21. The highest BCUT2D eigenvalue weighted by Crippen LogP contribution is 2.41. The van der Waals surface area contributed by atoms with Gasteiger partial charge in [-0.05, 0) is 121 Å². The number of hydrogen-bond acceptors (Lipinski definition) is 3. The van der Waals surface area contributed by atoms with Gasteiger partial charge in [-0.2, -0.15) is 0 Å². The summed E-state index contributed by atoms with van der Waals surface area (Å²) in [6, 6.07) is 45.2.